The number of nitrogens with zero attached hydrogens (tertiary/aromatic N) is 1. The Labute approximate surface area is 100 Å². The van der Waals surface area contributed by atoms with Crippen molar-refractivity contribution in [3.63, 3.8) is 0 Å². The number of carbonyl (C=O) groups is 1. The highest BCUT2D eigenvalue weighted by molar-refractivity contribution is 7.86. The summed E-state index contributed by atoms with van der Waals surface area (Å²) in [6, 6.07) is 4.37. The van der Waals surface area contributed by atoms with Gasteiger partial charge in [0.15, 0.2) is 0 Å². The number of aromatic nitrogens is 1. The molecule has 1 aromatic heterocycles. The first kappa shape index (κ1) is 13.4. The third kappa shape index (κ3) is 4.81. The van der Waals surface area contributed by atoms with Crippen LogP contribution in [-0.2, 0) is 10.1 Å². The molecule has 0 saturated carbocycles. The van der Waals surface area contributed by atoms with Crippen LogP contribution < -0.4 is 9.50 Å². The van der Waals surface area contributed by atoms with E-state index in [0.29, 0.717) is 6.54 Å². The van der Waals surface area contributed by atoms with Gasteiger partial charge < -0.3 is 9.50 Å². The largest absolute Gasteiger partial charge is 0.362 e. The molecule has 1 amide bonds. The molecule has 0 saturated heterocycles. The maximum Gasteiger partial charge on any atom is 0.307 e. The molecule has 0 bridgehead atoms. The fourth-order valence-corrected chi connectivity index (χ4v) is 1.47. The van der Waals surface area contributed by atoms with Gasteiger partial charge in [-0.05, 0) is 12.5 Å². The smallest absolute Gasteiger partial charge is 0.307 e. The van der Waals surface area contributed by atoms with Crippen LogP contribution in [0.4, 0.5) is 0 Å². The van der Waals surface area contributed by atoms with E-state index in [0.717, 1.165) is 12.7 Å². The first-order valence-electron chi connectivity index (χ1n) is 5.07. The van der Waals surface area contributed by atoms with E-state index in [4.69, 9.17) is 0 Å². The number of pyridine rings is 1. The Morgan fingerprint density at radius 3 is 2.76 bits per heavy atom. The van der Waals surface area contributed by atoms with Gasteiger partial charge in [0.05, 0.1) is 6.26 Å². The van der Waals surface area contributed by atoms with Crippen LogP contribution in [0.3, 0.4) is 0 Å². The second kappa shape index (κ2) is 5.62. The number of carbonyl (C=O) groups excluding carboxylic acids is 1. The molecule has 1 heterocycles. The van der Waals surface area contributed by atoms with Crippen LogP contribution in [0.5, 0.6) is 5.88 Å². The lowest BCUT2D eigenvalue weighted by Crippen LogP contribution is -2.25. The van der Waals surface area contributed by atoms with E-state index in [1.807, 2.05) is 6.92 Å². The molecule has 0 radical (unpaired) electrons. The monoisotopic (exact) mass is 258 g/mol. The number of amides is 1. The summed E-state index contributed by atoms with van der Waals surface area (Å²) in [6.45, 7) is 2.47. The third-order valence-corrected chi connectivity index (χ3v) is 2.20. The van der Waals surface area contributed by atoms with Crippen molar-refractivity contribution in [3.8, 4) is 5.88 Å². The van der Waals surface area contributed by atoms with Crippen molar-refractivity contribution < 1.29 is 17.4 Å². The summed E-state index contributed by atoms with van der Waals surface area (Å²) in [5.41, 5.74) is 0.125. The molecule has 1 N–H and O–H groups in total. The molecular weight excluding hydrogens is 244 g/mol. The summed E-state index contributed by atoms with van der Waals surface area (Å²) < 4.78 is 26.4. The van der Waals surface area contributed by atoms with E-state index in [-0.39, 0.29) is 17.5 Å². The van der Waals surface area contributed by atoms with Crippen molar-refractivity contribution in [3.05, 3.63) is 23.9 Å². The molecular formula is C10H14N2O4S. The summed E-state index contributed by atoms with van der Waals surface area (Å²) in [5, 5.41) is 2.63. The topological polar surface area (TPSA) is 85.4 Å². The van der Waals surface area contributed by atoms with Crippen molar-refractivity contribution >= 4 is 16.0 Å². The zero-order chi connectivity index (χ0) is 12.9. The maximum absolute atomic E-state index is 11.5. The summed E-state index contributed by atoms with van der Waals surface area (Å²) in [6.07, 6.45) is 1.73. The molecule has 1 aromatic rings. The van der Waals surface area contributed by atoms with Crippen molar-refractivity contribution in [1.29, 1.82) is 0 Å². The zero-order valence-corrected chi connectivity index (χ0v) is 10.5. The normalized spacial score (nSPS) is 10.9. The molecule has 0 aliphatic carbocycles. The maximum atomic E-state index is 11.5. The molecule has 17 heavy (non-hydrogen) atoms. The van der Waals surface area contributed by atoms with E-state index in [1.54, 1.807) is 0 Å². The van der Waals surface area contributed by atoms with Crippen molar-refractivity contribution in [1.82, 2.24) is 10.3 Å². The average Bonchev–Trinajstić information content (AvgIpc) is 2.24. The minimum atomic E-state index is -3.63. The van der Waals surface area contributed by atoms with Gasteiger partial charge in [-0.2, -0.15) is 8.42 Å². The second-order valence-electron chi connectivity index (χ2n) is 3.40. The Kier molecular flexibility index (Phi) is 4.45. The van der Waals surface area contributed by atoms with Crippen LogP contribution in [0, 0.1) is 0 Å². The van der Waals surface area contributed by atoms with E-state index >= 15 is 0 Å². The van der Waals surface area contributed by atoms with Crippen LogP contribution in [0.1, 0.15) is 23.8 Å². The van der Waals surface area contributed by atoms with Crippen molar-refractivity contribution in [2.75, 3.05) is 12.8 Å². The number of hydrogen-bond donors (Lipinski definition) is 1. The van der Waals surface area contributed by atoms with Crippen molar-refractivity contribution in [2.45, 2.75) is 13.3 Å². The van der Waals surface area contributed by atoms with Gasteiger partial charge in [-0.1, -0.05) is 13.0 Å². The fraction of sp³-hybridized carbons (Fsp3) is 0.400. The van der Waals surface area contributed by atoms with E-state index < -0.39 is 10.1 Å². The SMILES string of the molecule is CCCNC(=O)c1cccc(OS(C)(=O)=O)n1. The molecule has 0 aliphatic heterocycles. The van der Waals surface area contributed by atoms with Gasteiger partial charge in [0.25, 0.3) is 5.91 Å². The van der Waals surface area contributed by atoms with Gasteiger partial charge in [-0.25, -0.2) is 4.98 Å². The average molecular weight is 258 g/mol. The first-order chi connectivity index (χ1) is 7.92. The van der Waals surface area contributed by atoms with Gasteiger partial charge in [0, 0.05) is 12.6 Å². The minimum Gasteiger partial charge on any atom is -0.362 e. The standard InChI is InChI=1S/C10H14N2O4S/c1-3-7-11-10(13)8-5-4-6-9(12-8)16-17(2,14)15/h4-6H,3,7H2,1-2H3,(H,11,13). The molecule has 0 spiro atoms. The number of nitrogens with one attached hydrogen (secondary N) is 1. The summed E-state index contributed by atoms with van der Waals surface area (Å²) in [5.74, 6) is -0.470. The van der Waals surface area contributed by atoms with Crippen LogP contribution in [0.15, 0.2) is 18.2 Å². The first-order valence-corrected chi connectivity index (χ1v) is 6.88. The molecule has 0 aromatic carbocycles. The second-order valence-corrected chi connectivity index (χ2v) is 4.98. The quantitative estimate of drug-likeness (QED) is 0.780. The van der Waals surface area contributed by atoms with Crippen LogP contribution in [-0.4, -0.2) is 32.1 Å². The summed E-state index contributed by atoms with van der Waals surface area (Å²) in [7, 11) is -3.63. The highest BCUT2D eigenvalue weighted by atomic mass is 32.2. The van der Waals surface area contributed by atoms with Gasteiger partial charge >= 0.3 is 10.1 Å². The number of hydrogen-bond acceptors (Lipinski definition) is 5. The highest BCUT2D eigenvalue weighted by Crippen LogP contribution is 2.09. The molecule has 7 heteroatoms. The van der Waals surface area contributed by atoms with Gasteiger partial charge in [-0.15, -0.1) is 0 Å². The van der Waals surface area contributed by atoms with Crippen LogP contribution in [0.2, 0.25) is 0 Å². The zero-order valence-electron chi connectivity index (χ0n) is 9.63. The van der Waals surface area contributed by atoms with Crippen molar-refractivity contribution in [2.24, 2.45) is 0 Å². The molecule has 6 nitrogen and oxygen atoms in total. The van der Waals surface area contributed by atoms with Gasteiger partial charge in [0.1, 0.15) is 5.69 Å². The lowest BCUT2D eigenvalue weighted by Gasteiger charge is -2.05. The summed E-state index contributed by atoms with van der Waals surface area (Å²) in [4.78, 5) is 15.3. The Morgan fingerprint density at radius 1 is 1.47 bits per heavy atom. The molecule has 0 unspecified atom stereocenters. The molecule has 0 aliphatic rings. The Hall–Kier alpha value is -1.63. The van der Waals surface area contributed by atoms with E-state index in [1.165, 1.54) is 18.2 Å². The van der Waals surface area contributed by atoms with Gasteiger partial charge in [0.2, 0.25) is 5.88 Å². The predicted molar refractivity (Wildman–Crippen MR) is 62.3 cm³/mol. The molecule has 1 rings (SSSR count). The number of rotatable bonds is 5. The van der Waals surface area contributed by atoms with Crippen LogP contribution >= 0.6 is 0 Å². The van der Waals surface area contributed by atoms with Gasteiger partial charge in [-0.3, -0.25) is 4.79 Å². The summed E-state index contributed by atoms with van der Waals surface area (Å²) >= 11 is 0. The predicted octanol–water partition coefficient (Wildman–Crippen LogP) is 0.560. The Morgan fingerprint density at radius 2 is 2.18 bits per heavy atom. The van der Waals surface area contributed by atoms with Crippen LogP contribution in [0.25, 0.3) is 0 Å². The van der Waals surface area contributed by atoms with E-state index in [2.05, 4.69) is 14.5 Å². The minimum absolute atomic E-state index is 0.114. The highest BCUT2D eigenvalue weighted by Gasteiger charge is 2.10. The Balaban J connectivity index is 2.82. The molecule has 0 atom stereocenters. The third-order valence-electron chi connectivity index (χ3n) is 1.73. The Bertz CT molecular complexity index is 499. The lowest BCUT2D eigenvalue weighted by molar-refractivity contribution is 0.0948. The molecule has 94 valence electrons. The molecule has 0 fully saturated rings. The lowest BCUT2D eigenvalue weighted by atomic mass is 10.3. The fourth-order valence-electron chi connectivity index (χ4n) is 1.07. The van der Waals surface area contributed by atoms with E-state index in [9.17, 15) is 13.2 Å².